The van der Waals surface area contributed by atoms with Crippen LogP contribution < -0.4 is 0 Å². The lowest BCUT2D eigenvalue weighted by Crippen LogP contribution is -2.28. The smallest absolute Gasteiger partial charge is 0.333 e. The molecule has 3 rings (SSSR count). The van der Waals surface area contributed by atoms with Gasteiger partial charge in [-0.25, -0.2) is 4.79 Å². The van der Waals surface area contributed by atoms with E-state index in [2.05, 4.69) is 13.5 Å². The molecule has 6 unspecified atom stereocenters. The third-order valence-electron chi connectivity index (χ3n) is 6.06. The summed E-state index contributed by atoms with van der Waals surface area (Å²) in [6.07, 6.45) is 6.96. The standard InChI is InChI=1S/C17H26O2/c1-4-11-5-14-12-7-13(9-19-17(18)10(2)3)15(8-12)16(14)6-11/h11-16H,2,4-9H2,1,3H3. The van der Waals surface area contributed by atoms with E-state index >= 15 is 0 Å². The Hall–Kier alpha value is -0.790. The molecule has 19 heavy (non-hydrogen) atoms. The van der Waals surface area contributed by atoms with Crippen molar-refractivity contribution in [1.29, 1.82) is 0 Å². The highest BCUT2D eigenvalue weighted by Crippen LogP contribution is 2.62. The highest BCUT2D eigenvalue weighted by molar-refractivity contribution is 5.86. The number of esters is 1. The fraction of sp³-hybridized carbons (Fsp3) is 0.824. The first kappa shape index (κ1) is 13.2. The number of ether oxygens (including phenoxy) is 1. The van der Waals surface area contributed by atoms with Crippen LogP contribution in [0.15, 0.2) is 12.2 Å². The summed E-state index contributed by atoms with van der Waals surface area (Å²) in [5.74, 6) is 5.10. The van der Waals surface area contributed by atoms with Crippen molar-refractivity contribution in [3.8, 4) is 0 Å². The fourth-order valence-corrected chi connectivity index (χ4v) is 5.16. The molecule has 0 aromatic carbocycles. The number of hydrogen-bond donors (Lipinski definition) is 0. The molecule has 6 atom stereocenters. The first-order valence-corrected chi connectivity index (χ1v) is 7.92. The average molecular weight is 262 g/mol. The summed E-state index contributed by atoms with van der Waals surface area (Å²) in [6, 6.07) is 0. The first-order valence-electron chi connectivity index (χ1n) is 7.92. The maximum Gasteiger partial charge on any atom is 0.333 e. The van der Waals surface area contributed by atoms with Crippen LogP contribution >= 0.6 is 0 Å². The predicted molar refractivity (Wildman–Crippen MR) is 75.5 cm³/mol. The van der Waals surface area contributed by atoms with Gasteiger partial charge in [-0.3, -0.25) is 0 Å². The van der Waals surface area contributed by atoms with Crippen LogP contribution in [-0.2, 0) is 9.53 Å². The van der Waals surface area contributed by atoms with Crippen molar-refractivity contribution in [2.45, 2.75) is 46.0 Å². The van der Waals surface area contributed by atoms with E-state index in [1.54, 1.807) is 6.92 Å². The van der Waals surface area contributed by atoms with Crippen LogP contribution in [0.5, 0.6) is 0 Å². The SMILES string of the molecule is C=C(C)C(=O)OCC1CC2CC1C1CC(CC)CC21. The number of rotatable bonds is 4. The van der Waals surface area contributed by atoms with Gasteiger partial charge in [0.1, 0.15) is 0 Å². The van der Waals surface area contributed by atoms with E-state index in [-0.39, 0.29) is 5.97 Å². The van der Waals surface area contributed by atoms with E-state index < -0.39 is 0 Å². The molecule has 3 fully saturated rings. The molecule has 2 bridgehead atoms. The van der Waals surface area contributed by atoms with Gasteiger partial charge >= 0.3 is 5.97 Å². The maximum absolute atomic E-state index is 11.5. The van der Waals surface area contributed by atoms with Crippen LogP contribution in [-0.4, -0.2) is 12.6 Å². The van der Waals surface area contributed by atoms with E-state index in [1.165, 1.54) is 32.1 Å². The molecule has 0 aromatic heterocycles. The Labute approximate surface area is 116 Å². The first-order chi connectivity index (χ1) is 9.10. The Balaban J connectivity index is 1.57. The zero-order valence-corrected chi connectivity index (χ0v) is 12.2. The summed E-state index contributed by atoms with van der Waals surface area (Å²) in [6.45, 7) is 8.34. The topological polar surface area (TPSA) is 26.3 Å². The number of fused-ring (bicyclic) bond motifs is 5. The molecule has 0 aliphatic heterocycles. The molecule has 0 radical (unpaired) electrons. The minimum Gasteiger partial charge on any atom is -0.462 e. The Morgan fingerprint density at radius 1 is 1.16 bits per heavy atom. The Kier molecular flexibility index (Phi) is 3.44. The van der Waals surface area contributed by atoms with Crippen molar-refractivity contribution in [3.63, 3.8) is 0 Å². The number of carbonyl (C=O) groups excluding carboxylic acids is 1. The Bertz CT molecular complexity index is 387. The lowest BCUT2D eigenvalue weighted by Gasteiger charge is -2.31. The molecule has 2 heteroatoms. The molecule has 0 amide bonds. The minimum atomic E-state index is -0.211. The van der Waals surface area contributed by atoms with Gasteiger partial charge in [0.05, 0.1) is 6.61 Å². The van der Waals surface area contributed by atoms with Crippen molar-refractivity contribution >= 4 is 5.97 Å². The van der Waals surface area contributed by atoms with E-state index in [4.69, 9.17) is 4.74 Å². The minimum absolute atomic E-state index is 0.211. The second-order valence-electron chi connectivity index (χ2n) is 7.11. The summed E-state index contributed by atoms with van der Waals surface area (Å²) in [5, 5.41) is 0. The van der Waals surface area contributed by atoms with Crippen LogP contribution in [0.4, 0.5) is 0 Å². The van der Waals surface area contributed by atoms with Crippen LogP contribution in [0.3, 0.4) is 0 Å². The van der Waals surface area contributed by atoms with Crippen molar-refractivity contribution in [1.82, 2.24) is 0 Å². The van der Waals surface area contributed by atoms with E-state index in [0.717, 1.165) is 29.6 Å². The second-order valence-corrected chi connectivity index (χ2v) is 7.11. The molecule has 3 saturated carbocycles. The van der Waals surface area contributed by atoms with Crippen molar-refractivity contribution in [3.05, 3.63) is 12.2 Å². The van der Waals surface area contributed by atoms with Crippen LogP contribution in [0, 0.1) is 35.5 Å². The molecular formula is C17H26O2. The van der Waals surface area contributed by atoms with Crippen molar-refractivity contribution < 1.29 is 9.53 Å². The van der Waals surface area contributed by atoms with E-state index in [0.29, 0.717) is 18.1 Å². The Morgan fingerprint density at radius 3 is 2.58 bits per heavy atom. The van der Waals surface area contributed by atoms with Crippen molar-refractivity contribution in [2.75, 3.05) is 6.61 Å². The van der Waals surface area contributed by atoms with Gasteiger partial charge in [0.2, 0.25) is 0 Å². The molecule has 106 valence electrons. The molecule has 0 heterocycles. The highest BCUT2D eigenvalue weighted by atomic mass is 16.5. The van der Waals surface area contributed by atoms with E-state index in [9.17, 15) is 4.79 Å². The monoisotopic (exact) mass is 262 g/mol. The molecule has 2 nitrogen and oxygen atoms in total. The largest absolute Gasteiger partial charge is 0.462 e. The molecule has 0 saturated heterocycles. The highest BCUT2D eigenvalue weighted by Gasteiger charge is 2.55. The van der Waals surface area contributed by atoms with Crippen LogP contribution in [0.1, 0.15) is 46.0 Å². The molecule has 3 aliphatic carbocycles. The molecule has 0 aromatic rings. The summed E-state index contributed by atoms with van der Waals surface area (Å²) in [7, 11) is 0. The Morgan fingerprint density at radius 2 is 1.89 bits per heavy atom. The maximum atomic E-state index is 11.5. The van der Waals surface area contributed by atoms with Gasteiger partial charge in [0.15, 0.2) is 0 Å². The molecule has 0 N–H and O–H groups in total. The van der Waals surface area contributed by atoms with Gasteiger partial charge in [-0.1, -0.05) is 19.9 Å². The zero-order chi connectivity index (χ0) is 13.6. The zero-order valence-electron chi connectivity index (χ0n) is 12.2. The number of carbonyl (C=O) groups is 1. The van der Waals surface area contributed by atoms with Crippen molar-refractivity contribution in [2.24, 2.45) is 35.5 Å². The summed E-state index contributed by atoms with van der Waals surface area (Å²) in [4.78, 5) is 11.5. The normalized spacial score (nSPS) is 43.3. The van der Waals surface area contributed by atoms with Gasteiger partial charge in [-0.15, -0.1) is 0 Å². The lowest BCUT2D eigenvalue weighted by molar-refractivity contribution is -0.141. The summed E-state index contributed by atoms with van der Waals surface area (Å²) < 4.78 is 5.40. The number of hydrogen-bond acceptors (Lipinski definition) is 2. The molecule has 3 aliphatic rings. The average Bonchev–Trinajstić information content (AvgIpc) is 3.05. The fourth-order valence-electron chi connectivity index (χ4n) is 5.16. The molecular weight excluding hydrogens is 236 g/mol. The molecule has 0 spiro atoms. The quantitative estimate of drug-likeness (QED) is 0.569. The van der Waals surface area contributed by atoms with Crippen LogP contribution in [0.2, 0.25) is 0 Å². The summed E-state index contributed by atoms with van der Waals surface area (Å²) in [5.41, 5.74) is 0.521. The van der Waals surface area contributed by atoms with Gasteiger partial charge in [-0.05, 0) is 68.1 Å². The van der Waals surface area contributed by atoms with Crippen LogP contribution in [0.25, 0.3) is 0 Å². The van der Waals surface area contributed by atoms with E-state index in [1.807, 2.05) is 0 Å². The lowest BCUT2D eigenvalue weighted by atomic mass is 9.76. The third kappa shape index (κ3) is 2.23. The third-order valence-corrected chi connectivity index (χ3v) is 6.06. The van der Waals surface area contributed by atoms with Gasteiger partial charge < -0.3 is 4.74 Å². The van der Waals surface area contributed by atoms with Gasteiger partial charge in [0, 0.05) is 5.57 Å². The predicted octanol–water partition coefficient (Wildman–Crippen LogP) is 3.81. The second kappa shape index (κ2) is 4.96. The summed E-state index contributed by atoms with van der Waals surface area (Å²) >= 11 is 0. The van der Waals surface area contributed by atoms with Gasteiger partial charge in [-0.2, -0.15) is 0 Å². The van der Waals surface area contributed by atoms with Gasteiger partial charge in [0.25, 0.3) is 0 Å².